The predicted molar refractivity (Wildman–Crippen MR) is 109 cm³/mol. The zero-order valence-electron chi connectivity index (χ0n) is 15.1. The quantitative estimate of drug-likeness (QED) is 0.452. The van der Waals surface area contributed by atoms with Crippen LogP contribution in [0.25, 0.3) is 0 Å². The third kappa shape index (κ3) is 4.85. The first-order chi connectivity index (χ1) is 13.6. The van der Waals surface area contributed by atoms with Gasteiger partial charge in [-0.25, -0.2) is 9.97 Å². The number of halogens is 1. The van der Waals surface area contributed by atoms with Crippen molar-refractivity contribution in [3.8, 4) is 17.6 Å². The number of benzene rings is 2. The van der Waals surface area contributed by atoms with Gasteiger partial charge in [0.05, 0.1) is 7.11 Å². The molecule has 0 saturated carbocycles. The fourth-order valence-corrected chi connectivity index (χ4v) is 3.53. The van der Waals surface area contributed by atoms with Crippen molar-refractivity contribution in [1.82, 2.24) is 9.97 Å². The first-order valence-electron chi connectivity index (χ1n) is 8.30. The molecule has 0 saturated heterocycles. The molecule has 3 aromatic rings. The molecule has 1 heterocycles. The second-order valence-electron chi connectivity index (χ2n) is 5.67. The first-order valence-corrected chi connectivity index (χ1v) is 9.66. The average Bonchev–Trinajstić information content (AvgIpc) is 2.72. The smallest absolute Gasteiger partial charge is 0.190 e. The Kier molecular flexibility index (Phi) is 6.58. The normalized spacial score (nSPS) is 10.3. The molecule has 2 N–H and O–H groups in total. The van der Waals surface area contributed by atoms with Crippen molar-refractivity contribution in [3.05, 3.63) is 70.4 Å². The van der Waals surface area contributed by atoms with Crippen molar-refractivity contribution in [1.29, 1.82) is 5.26 Å². The highest BCUT2D eigenvalue weighted by Gasteiger charge is 2.14. The van der Waals surface area contributed by atoms with E-state index in [1.807, 2.05) is 30.3 Å². The maximum atomic E-state index is 9.39. The zero-order valence-corrected chi connectivity index (χ0v) is 16.6. The van der Waals surface area contributed by atoms with Crippen LogP contribution in [0.1, 0.15) is 16.8 Å². The van der Waals surface area contributed by atoms with Gasteiger partial charge < -0.3 is 15.2 Å². The molecule has 0 aliphatic rings. The Bertz CT molecular complexity index is 1010. The number of rotatable bonds is 7. The Morgan fingerprint density at radius 2 is 1.82 bits per heavy atom. The van der Waals surface area contributed by atoms with E-state index in [4.69, 9.17) is 26.8 Å². The number of nitrogens with zero attached hydrogens (tertiary/aromatic N) is 3. The minimum atomic E-state index is 0.0988. The highest BCUT2D eigenvalue weighted by Crippen LogP contribution is 2.27. The van der Waals surface area contributed by atoms with E-state index in [1.54, 1.807) is 31.4 Å². The highest BCUT2D eigenvalue weighted by atomic mass is 35.5. The lowest BCUT2D eigenvalue weighted by Gasteiger charge is -2.10. The lowest BCUT2D eigenvalue weighted by molar-refractivity contribution is 0.299. The number of nitrogens with two attached hydrogens (primary N) is 1. The van der Waals surface area contributed by atoms with Crippen LogP contribution >= 0.6 is 23.4 Å². The molecule has 0 bridgehead atoms. The summed E-state index contributed by atoms with van der Waals surface area (Å²) in [4.78, 5) is 8.67. The second-order valence-corrected chi connectivity index (χ2v) is 7.02. The van der Waals surface area contributed by atoms with E-state index in [9.17, 15) is 5.26 Å². The van der Waals surface area contributed by atoms with E-state index in [0.29, 0.717) is 27.4 Å². The monoisotopic (exact) mass is 412 g/mol. The lowest BCUT2D eigenvalue weighted by atomic mass is 10.2. The molecule has 0 unspecified atom stereocenters. The zero-order chi connectivity index (χ0) is 19.9. The van der Waals surface area contributed by atoms with Gasteiger partial charge >= 0.3 is 0 Å². The number of hydrogen-bond donors (Lipinski definition) is 1. The van der Waals surface area contributed by atoms with Crippen LogP contribution in [0.3, 0.4) is 0 Å². The number of ether oxygens (including phenoxy) is 2. The van der Waals surface area contributed by atoms with E-state index in [0.717, 1.165) is 11.3 Å². The summed E-state index contributed by atoms with van der Waals surface area (Å²) in [6.45, 7) is 0.0988. The van der Waals surface area contributed by atoms with Gasteiger partial charge in [0.2, 0.25) is 0 Å². The molecule has 28 heavy (non-hydrogen) atoms. The van der Waals surface area contributed by atoms with E-state index in [-0.39, 0.29) is 18.0 Å². The first kappa shape index (κ1) is 19.8. The van der Waals surface area contributed by atoms with Gasteiger partial charge in [-0.3, -0.25) is 0 Å². The van der Waals surface area contributed by atoms with Crippen LogP contribution < -0.4 is 15.2 Å². The molecule has 142 valence electrons. The summed E-state index contributed by atoms with van der Waals surface area (Å²) < 4.78 is 10.9. The van der Waals surface area contributed by atoms with Crippen molar-refractivity contribution >= 4 is 29.2 Å². The van der Waals surface area contributed by atoms with Gasteiger partial charge in [0, 0.05) is 10.8 Å². The Hall–Kier alpha value is -2.95. The van der Waals surface area contributed by atoms with Crippen LogP contribution in [0.5, 0.6) is 11.5 Å². The number of aromatic nitrogens is 2. The highest BCUT2D eigenvalue weighted by molar-refractivity contribution is 7.98. The summed E-state index contributed by atoms with van der Waals surface area (Å²) in [5.74, 6) is 2.08. The fourth-order valence-electron chi connectivity index (χ4n) is 2.38. The Morgan fingerprint density at radius 3 is 2.50 bits per heavy atom. The summed E-state index contributed by atoms with van der Waals surface area (Å²) in [7, 11) is 1.60. The van der Waals surface area contributed by atoms with Crippen molar-refractivity contribution in [2.45, 2.75) is 17.5 Å². The molecule has 0 aliphatic carbocycles. The molecular formula is C20H17ClN4O2S. The third-order valence-electron chi connectivity index (χ3n) is 3.85. The van der Waals surface area contributed by atoms with Gasteiger partial charge in [-0.05, 0) is 35.9 Å². The number of thioether (sulfide) groups is 1. The fraction of sp³-hybridized carbons (Fsp3) is 0.150. The van der Waals surface area contributed by atoms with Crippen LogP contribution in [0.4, 0.5) is 5.82 Å². The van der Waals surface area contributed by atoms with Crippen LogP contribution in [-0.2, 0) is 12.4 Å². The molecule has 6 nitrogen and oxygen atoms in total. The van der Waals surface area contributed by atoms with Crippen LogP contribution in [0, 0.1) is 11.3 Å². The van der Waals surface area contributed by atoms with Crippen LogP contribution in [-0.4, -0.2) is 17.1 Å². The molecule has 0 spiro atoms. The molecule has 8 heteroatoms. The second kappa shape index (κ2) is 9.31. The van der Waals surface area contributed by atoms with Gasteiger partial charge in [-0.1, -0.05) is 41.6 Å². The maximum Gasteiger partial charge on any atom is 0.190 e. The van der Waals surface area contributed by atoms with Gasteiger partial charge in [0.1, 0.15) is 41.3 Å². The Labute approximate surface area is 172 Å². The van der Waals surface area contributed by atoms with E-state index in [2.05, 4.69) is 9.97 Å². The molecule has 0 fully saturated rings. The number of nitrogen functional groups attached to an aromatic ring is 1. The topological polar surface area (TPSA) is 94.1 Å². The summed E-state index contributed by atoms with van der Waals surface area (Å²) in [5.41, 5.74) is 7.58. The molecule has 0 atom stereocenters. The van der Waals surface area contributed by atoms with Crippen molar-refractivity contribution in [2.75, 3.05) is 12.8 Å². The molecular weight excluding hydrogens is 396 g/mol. The summed E-state index contributed by atoms with van der Waals surface area (Å²) >= 11 is 7.58. The van der Waals surface area contributed by atoms with Crippen molar-refractivity contribution in [3.63, 3.8) is 0 Å². The Balaban J connectivity index is 1.75. The van der Waals surface area contributed by atoms with E-state index < -0.39 is 0 Å². The molecule has 0 aliphatic heterocycles. The van der Waals surface area contributed by atoms with E-state index >= 15 is 0 Å². The maximum absolute atomic E-state index is 9.39. The summed E-state index contributed by atoms with van der Waals surface area (Å²) in [5, 5.41) is 10.5. The number of methoxy groups -OCH3 is 1. The molecule has 2 aromatic carbocycles. The molecule has 0 amide bonds. The van der Waals surface area contributed by atoms with Crippen molar-refractivity contribution in [2.24, 2.45) is 0 Å². The van der Waals surface area contributed by atoms with Crippen LogP contribution in [0.2, 0.25) is 5.02 Å². The molecule has 1 aromatic heterocycles. The minimum Gasteiger partial charge on any atom is -0.497 e. The lowest BCUT2D eigenvalue weighted by Crippen LogP contribution is -2.08. The number of nitriles is 1. The molecule has 3 rings (SSSR count). The van der Waals surface area contributed by atoms with Gasteiger partial charge in [-0.15, -0.1) is 0 Å². The predicted octanol–water partition coefficient (Wildman–Crippen LogP) is 4.46. The van der Waals surface area contributed by atoms with Gasteiger partial charge in [0.15, 0.2) is 5.16 Å². The number of anilines is 1. The van der Waals surface area contributed by atoms with E-state index in [1.165, 1.54) is 11.8 Å². The average molecular weight is 413 g/mol. The minimum absolute atomic E-state index is 0.0988. The van der Waals surface area contributed by atoms with Gasteiger partial charge in [0.25, 0.3) is 0 Å². The van der Waals surface area contributed by atoms with Crippen molar-refractivity contribution < 1.29 is 9.47 Å². The summed E-state index contributed by atoms with van der Waals surface area (Å²) in [6.07, 6.45) is 0. The molecule has 0 radical (unpaired) electrons. The third-order valence-corrected chi connectivity index (χ3v) is 5.12. The van der Waals surface area contributed by atoms with Crippen LogP contribution in [0.15, 0.2) is 53.7 Å². The standard InChI is InChI=1S/C20H17ClN4O2S/c1-26-14-6-8-15(9-7-14)27-11-18-16(10-22)19(23)25-20(24-18)28-12-13-4-2-3-5-17(13)21/h2-9H,11-12H2,1H3,(H2,23,24,25). The largest absolute Gasteiger partial charge is 0.497 e. The summed E-state index contributed by atoms with van der Waals surface area (Å²) in [6, 6.07) is 16.8. The SMILES string of the molecule is COc1ccc(OCc2nc(SCc3ccccc3Cl)nc(N)c2C#N)cc1. The van der Waals surface area contributed by atoms with Gasteiger partial charge in [-0.2, -0.15) is 5.26 Å². The number of hydrogen-bond acceptors (Lipinski definition) is 7. The Morgan fingerprint density at radius 1 is 1.11 bits per heavy atom.